The van der Waals surface area contributed by atoms with Crippen molar-refractivity contribution >= 4 is 33.2 Å². The number of primary amides is 1. The number of aryl methyl sites for hydroxylation is 1. The molecule has 2 aromatic rings. The zero-order valence-electron chi connectivity index (χ0n) is 14.9. The molecule has 7 nitrogen and oxygen atoms in total. The molecule has 1 aliphatic heterocycles. The molecule has 0 aromatic heterocycles. The number of anilines is 2. The molecule has 1 aliphatic rings. The Hall–Kier alpha value is -2.87. The average molecular weight is 387 g/mol. The number of hydrogen-bond acceptors (Lipinski definition) is 4. The second kappa shape index (κ2) is 7.40. The number of nitrogens with one attached hydrogen (secondary N) is 1. The van der Waals surface area contributed by atoms with Gasteiger partial charge in [0.1, 0.15) is 0 Å². The van der Waals surface area contributed by atoms with Gasteiger partial charge in [-0.1, -0.05) is 18.2 Å². The van der Waals surface area contributed by atoms with Crippen LogP contribution in [0.25, 0.3) is 0 Å². The first-order chi connectivity index (χ1) is 12.8. The van der Waals surface area contributed by atoms with Gasteiger partial charge < -0.3 is 11.1 Å². The Labute approximate surface area is 158 Å². The van der Waals surface area contributed by atoms with Gasteiger partial charge in [-0.2, -0.15) is 0 Å². The lowest BCUT2D eigenvalue weighted by Crippen LogP contribution is -2.38. The van der Waals surface area contributed by atoms with Gasteiger partial charge >= 0.3 is 0 Å². The molecule has 0 saturated carbocycles. The predicted octanol–water partition coefficient (Wildman–Crippen LogP) is 2.28. The molecule has 0 radical (unpaired) electrons. The van der Waals surface area contributed by atoms with Gasteiger partial charge in [-0.05, 0) is 49.6 Å². The average Bonchev–Trinajstić information content (AvgIpc) is 2.62. The van der Waals surface area contributed by atoms with E-state index in [1.165, 1.54) is 10.4 Å². The molecule has 2 aromatic carbocycles. The lowest BCUT2D eigenvalue weighted by molar-refractivity contribution is 0.100. The lowest BCUT2D eigenvalue weighted by atomic mass is 10.1. The third-order valence-electron chi connectivity index (χ3n) is 4.53. The molecule has 3 N–H and O–H groups in total. The van der Waals surface area contributed by atoms with Crippen molar-refractivity contribution in [2.24, 2.45) is 5.73 Å². The molecule has 0 bridgehead atoms. The first-order valence-electron chi connectivity index (χ1n) is 8.61. The summed E-state index contributed by atoms with van der Waals surface area (Å²) in [5.41, 5.74) is 7.43. The van der Waals surface area contributed by atoms with Crippen LogP contribution in [0.1, 0.15) is 39.1 Å². The van der Waals surface area contributed by atoms with E-state index in [4.69, 9.17) is 5.73 Å². The largest absolute Gasteiger partial charge is 0.366 e. The van der Waals surface area contributed by atoms with Gasteiger partial charge in [-0.3, -0.25) is 13.9 Å². The van der Waals surface area contributed by atoms with Crippen molar-refractivity contribution in [1.82, 2.24) is 0 Å². The van der Waals surface area contributed by atoms with Gasteiger partial charge in [0.2, 0.25) is 10.0 Å². The highest BCUT2D eigenvalue weighted by Crippen LogP contribution is 2.28. The van der Waals surface area contributed by atoms with E-state index in [1.54, 1.807) is 36.4 Å². The van der Waals surface area contributed by atoms with Crippen molar-refractivity contribution < 1.29 is 18.0 Å². The van der Waals surface area contributed by atoms with Crippen LogP contribution in [0.2, 0.25) is 0 Å². The number of rotatable bonds is 4. The van der Waals surface area contributed by atoms with E-state index in [0.717, 1.165) is 12.0 Å². The summed E-state index contributed by atoms with van der Waals surface area (Å²) in [6.07, 6.45) is 1.42. The molecule has 142 valence electrons. The highest BCUT2D eigenvalue weighted by Gasteiger charge is 2.27. The van der Waals surface area contributed by atoms with E-state index in [-0.39, 0.29) is 11.3 Å². The maximum atomic E-state index is 12.7. The Bertz CT molecular complexity index is 1000. The minimum Gasteiger partial charge on any atom is -0.366 e. The van der Waals surface area contributed by atoms with Gasteiger partial charge in [0.05, 0.1) is 22.7 Å². The second-order valence-electron chi connectivity index (χ2n) is 6.46. The Morgan fingerprint density at radius 1 is 1.11 bits per heavy atom. The Morgan fingerprint density at radius 2 is 1.85 bits per heavy atom. The molecule has 2 amide bonds. The summed E-state index contributed by atoms with van der Waals surface area (Å²) in [5.74, 6) is -0.983. The van der Waals surface area contributed by atoms with Crippen LogP contribution in [0.4, 0.5) is 11.4 Å². The summed E-state index contributed by atoms with van der Waals surface area (Å²) < 4.78 is 26.2. The Balaban J connectivity index is 1.92. The molecule has 0 unspecified atom stereocenters. The highest BCUT2D eigenvalue weighted by molar-refractivity contribution is 7.92. The quantitative estimate of drug-likeness (QED) is 0.838. The zero-order chi connectivity index (χ0) is 19.6. The first kappa shape index (κ1) is 18.9. The normalized spacial score (nSPS) is 16.0. The number of para-hydroxylation sites is 1. The van der Waals surface area contributed by atoms with E-state index < -0.39 is 21.8 Å². The smallest absolute Gasteiger partial charge is 0.255 e. The topological polar surface area (TPSA) is 110 Å². The second-order valence-corrected chi connectivity index (χ2v) is 8.47. The zero-order valence-corrected chi connectivity index (χ0v) is 15.8. The predicted molar refractivity (Wildman–Crippen MR) is 104 cm³/mol. The number of amides is 2. The molecular weight excluding hydrogens is 366 g/mol. The van der Waals surface area contributed by atoms with E-state index in [2.05, 4.69) is 5.32 Å². The molecule has 27 heavy (non-hydrogen) atoms. The first-order valence-corrected chi connectivity index (χ1v) is 10.2. The van der Waals surface area contributed by atoms with Crippen molar-refractivity contribution in [1.29, 1.82) is 0 Å². The van der Waals surface area contributed by atoms with Crippen molar-refractivity contribution in [3.8, 4) is 0 Å². The number of carbonyl (C=O) groups is 2. The van der Waals surface area contributed by atoms with E-state index in [9.17, 15) is 18.0 Å². The third-order valence-corrected chi connectivity index (χ3v) is 6.39. The maximum absolute atomic E-state index is 12.7. The number of benzene rings is 2. The molecule has 8 heteroatoms. The highest BCUT2D eigenvalue weighted by atomic mass is 32.2. The third kappa shape index (κ3) is 3.95. The Morgan fingerprint density at radius 3 is 2.56 bits per heavy atom. The van der Waals surface area contributed by atoms with Crippen LogP contribution in [0.15, 0.2) is 42.5 Å². The van der Waals surface area contributed by atoms with Gasteiger partial charge in [0.25, 0.3) is 11.8 Å². The van der Waals surface area contributed by atoms with Crippen molar-refractivity contribution in [2.75, 3.05) is 21.9 Å². The van der Waals surface area contributed by atoms with E-state index >= 15 is 0 Å². The Kier molecular flexibility index (Phi) is 5.18. The summed E-state index contributed by atoms with van der Waals surface area (Å²) in [6, 6.07) is 11.4. The molecule has 1 saturated heterocycles. The van der Waals surface area contributed by atoms with Gasteiger partial charge in [-0.25, -0.2) is 8.42 Å². The fourth-order valence-electron chi connectivity index (χ4n) is 3.08. The molecule has 0 atom stereocenters. The van der Waals surface area contributed by atoms with Crippen molar-refractivity contribution in [3.05, 3.63) is 59.2 Å². The summed E-state index contributed by atoms with van der Waals surface area (Å²) in [5, 5.41) is 2.67. The van der Waals surface area contributed by atoms with Crippen LogP contribution in [0, 0.1) is 6.92 Å². The minimum atomic E-state index is -3.38. The number of sulfonamides is 1. The minimum absolute atomic E-state index is 0.106. The number of nitrogens with two attached hydrogens (primary N) is 1. The lowest BCUT2D eigenvalue weighted by Gasteiger charge is -2.29. The summed E-state index contributed by atoms with van der Waals surface area (Å²) in [6.45, 7) is 2.21. The molecule has 3 rings (SSSR count). The summed E-state index contributed by atoms with van der Waals surface area (Å²) in [4.78, 5) is 24.2. The number of carbonyl (C=O) groups excluding carboxylic acids is 2. The molecular formula is C19H21N3O4S. The maximum Gasteiger partial charge on any atom is 0.255 e. The molecule has 1 heterocycles. The van der Waals surface area contributed by atoms with E-state index in [1.807, 2.05) is 6.92 Å². The fraction of sp³-hybridized carbons (Fsp3) is 0.263. The van der Waals surface area contributed by atoms with Crippen LogP contribution in [0.5, 0.6) is 0 Å². The molecule has 1 fully saturated rings. The summed E-state index contributed by atoms with van der Waals surface area (Å²) >= 11 is 0. The molecule has 0 aliphatic carbocycles. The van der Waals surface area contributed by atoms with Gasteiger partial charge in [0, 0.05) is 12.1 Å². The van der Waals surface area contributed by atoms with E-state index in [0.29, 0.717) is 29.9 Å². The van der Waals surface area contributed by atoms with Crippen LogP contribution in [0.3, 0.4) is 0 Å². The standard InChI is InChI=1S/C19H21N3O4S/c1-13-8-9-14(12-17(13)22-10-4-5-11-27(22,25)26)19(24)21-16-7-3-2-6-15(16)18(20)23/h2-3,6-9,12H,4-5,10-11H2,1H3,(H2,20,23)(H,21,24). The SMILES string of the molecule is Cc1ccc(C(=O)Nc2ccccc2C(N)=O)cc1N1CCCCS1(=O)=O. The van der Waals surface area contributed by atoms with Crippen molar-refractivity contribution in [3.63, 3.8) is 0 Å². The number of hydrogen-bond donors (Lipinski definition) is 2. The van der Waals surface area contributed by atoms with Gasteiger partial charge in [-0.15, -0.1) is 0 Å². The fourth-order valence-corrected chi connectivity index (χ4v) is 4.77. The van der Waals surface area contributed by atoms with Crippen LogP contribution >= 0.6 is 0 Å². The van der Waals surface area contributed by atoms with Crippen LogP contribution in [-0.4, -0.2) is 32.5 Å². The number of nitrogens with zero attached hydrogens (tertiary/aromatic N) is 1. The monoisotopic (exact) mass is 387 g/mol. The van der Waals surface area contributed by atoms with Crippen LogP contribution < -0.4 is 15.4 Å². The van der Waals surface area contributed by atoms with Crippen molar-refractivity contribution in [2.45, 2.75) is 19.8 Å². The van der Waals surface area contributed by atoms with Crippen LogP contribution in [-0.2, 0) is 10.0 Å². The molecule has 0 spiro atoms. The summed E-state index contributed by atoms with van der Waals surface area (Å²) in [7, 11) is -3.38. The van der Waals surface area contributed by atoms with Gasteiger partial charge in [0.15, 0.2) is 0 Å².